The number of nitrogens with zero attached hydrogens (tertiary/aromatic N) is 3. The van der Waals surface area contributed by atoms with E-state index < -0.39 is 11.7 Å². The highest BCUT2D eigenvalue weighted by atomic mass is 35.5. The zero-order valence-electron chi connectivity index (χ0n) is 20.1. The maximum absolute atomic E-state index is 11.2. The first kappa shape index (κ1) is 25.3. The molecule has 2 atom stereocenters. The molecule has 0 bridgehead atoms. The number of β-amino-alcohol motifs (C(OH)–C–C–N with tert-alkyl or cyclic N) is 1. The van der Waals surface area contributed by atoms with Crippen LogP contribution in [-0.4, -0.2) is 69.8 Å². The smallest absolute Gasteiger partial charge is 0.161 e. The summed E-state index contributed by atoms with van der Waals surface area (Å²) in [6, 6.07) is 12.8. The number of aryl methyl sites for hydroxylation is 1. The molecule has 2 heterocycles. The molecule has 1 aliphatic heterocycles. The molecule has 0 aliphatic carbocycles. The van der Waals surface area contributed by atoms with Crippen LogP contribution in [0, 0.1) is 6.92 Å². The molecule has 1 saturated heterocycles. The van der Waals surface area contributed by atoms with Crippen molar-refractivity contribution in [2.45, 2.75) is 38.1 Å². The van der Waals surface area contributed by atoms with E-state index in [4.69, 9.17) is 25.8 Å². The van der Waals surface area contributed by atoms with Crippen LogP contribution in [0.4, 0.5) is 0 Å². The number of ether oxygens (including phenoxy) is 3. The third-order valence-corrected chi connectivity index (χ3v) is 6.54. The molecule has 1 fully saturated rings. The van der Waals surface area contributed by atoms with Crippen LogP contribution in [0.3, 0.4) is 0 Å². The Morgan fingerprint density at radius 2 is 1.94 bits per heavy atom. The van der Waals surface area contributed by atoms with Crippen molar-refractivity contribution >= 4 is 11.6 Å². The van der Waals surface area contributed by atoms with E-state index in [9.17, 15) is 10.2 Å². The van der Waals surface area contributed by atoms with Gasteiger partial charge in [-0.3, -0.25) is 4.90 Å². The fraction of sp³-hybridized carbons (Fsp3) is 0.423. The zero-order chi connectivity index (χ0) is 24.8. The number of rotatable bonds is 10. The van der Waals surface area contributed by atoms with E-state index in [0.29, 0.717) is 54.9 Å². The van der Waals surface area contributed by atoms with Gasteiger partial charge in [0.15, 0.2) is 11.5 Å². The largest absolute Gasteiger partial charge is 0.493 e. The Hall–Kier alpha value is -2.78. The Morgan fingerprint density at radius 3 is 2.66 bits per heavy atom. The molecule has 1 aromatic heterocycles. The quantitative estimate of drug-likeness (QED) is 0.440. The molecule has 0 radical (unpaired) electrons. The third kappa shape index (κ3) is 6.46. The highest BCUT2D eigenvalue weighted by Crippen LogP contribution is 2.30. The van der Waals surface area contributed by atoms with E-state index in [-0.39, 0.29) is 13.2 Å². The number of halogens is 1. The van der Waals surface area contributed by atoms with Gasteiger partial charge < -0.3 is 29.0 Å². The normalized spacial score (nSPS) is 20.5. The number of aliphatic hydroxyl groups is 2. The lowest BCUT2D eigenvalue weighted by Gasteiger charge is -2.42. The van der Waals surface area contributed by atoms with Gasteiger partial charge in [-0.25, -0.2) is 4.98 Å². The molecule has 4 rings (SSSR count). The molecule has 0 spiro atoms. The highest BCUT2D eigenvalue weighted by Gasteiger charge is 2.42. The van der Waals surface area contributed by atoms with Gasteiger partial charge in [0.25, 0.3) is 0 Å². The minimum atomic E-state index is -1.38. The molecule has 2 N–H and O–H groups in total. The molecule has 0 amide bonds. The fourth-order valence-electron chi connectivity index (χ4n) is 4.25. The van der Waals surface area contributed by atoms with Crippen molar-refractivity contribution < 1.29 is 24.4 Å². The minimum absolute atomic E-state index is 0.0169. The topological polar surface area (TPSA) is 89.2 Å². The summed E-state index contributed by atoms with van der Waals surface area (Å²) in [4.78, 5) is 6.34. The van der Waals surface area contributed by atoms with Crippen molar-refractivity contribution in [3.05, 3.63) is 71.3 Å². The summed E-state index contributed by atoms with van der Waals surface area (Å²) in [5.74, 6) is 2.86. The number of aliphatic hydroxyl groups excluding tert-OH is 1. The number of hydrogen-bond acceptors (Lipinski definition) is 7. The van der Waals surface area contributed by atoms with Gasteiger partial charge in [0.1, 0.15) is 30.4 Å². The van der Waals surface area contributed by atoms with Crippen LogP contribution in [0.25, 0.3) is 0 Å². The Labute approximate surface area is 210 Å². The second-order valence-electron chi connectivity index (χ2n) is 8.86. The van der Waals surface area contributed by atoms with Gasteiger partial charge in [0.2, 0.25) is 0 Å². The molecule has 35 heavy (non-hydrogen) atoms. The first-order chi connectivity index (χ1) is 16.9. The molecule has 3 aromatic rings. The molecule has 0 unspecified atom stereocenters. The van der Waals surface area contributed by atoms with E-state index in [1.54, 1.807) is 37.6 Å². The number of imidazole rings is 1. The summed E-state index contributed by atoms with van der Waals surface area (Å²) in [5.41, 5.74) is -0.358. The Bertz CT molecular complexity index is 1110. The number of likely N-dealkylation sites (tertiary alicyclic amines) is 1. The van der Waals surface area contributed by atoms with E-state index in [0.717, 1.165) is 11.4 Å². The zero-order valence-corrected chi connectivity index (χ0v) is 20.8. The number of piperidine rings is 1. The Morgan fingerprint density at radius 1 is 1.14 bits per heavy atom. The second kappa shape index (κ2) is 11.3. The average Bonchev–Trinajstić information content (AvgIpc) is 3.26. The summed E-state index contributed by atoms with van der Waals surface area (Å²) in [5, 5.41) is 22.3. The maximum atomic E-state index is 11.2. The number of hydrogen-bond donors (Lipinski definition) is 2. The maximum Gasteiger partial charge on any atom is 0.161 e. The highest BCUT2D eigenvalue weighted by molar-refractivity contribution is 6.30. The predicted molar refractivity (Wildman–Crippen MR) is 133 cm³/mol. The van der Waals surface area contributed by atoms with E-state index in [1.807, 2.05) is 35.9 Å². The summed E-state index contributed by atoms with van der Waals surface area (Å²) >= 11 is 5.92. The predicted octanol–water partition coefficient (Wildman–Crippen LogP) is 3.31. The van der Waals surface area contributed by atoms with Gasteiger partial charge in [-0.1, -0.05) is 17.7 Å². The standard InChI is InChI=1S/C26H32ClN3O5/c1-19-28-10-12-30(19)13-14-34-24-15-20(3-8-23(24)33-2)16-29-11-9-25(31)26(32,17-29)18-35-22-6-4-21(27)5-7-22/h3-8,10,12,15,25,31-32H,9,11,13-14,16-18H2,1-2H3/t25-,26-/m0/s1. The van der Waals surface area contributed by atoms with Crippen LogP contribution in [0.5, 0.6) is 17.2 Å². The monoisotopic (exact) mass is 501 g/mol. The van der Waals surface area contributed by atoms with Crippen LogP contribution in [-0.2, 0) is 13.1 Å². The first-order valence-corrected chi connectivity index (χ1v) is 12.0. The summed E-state index contributed by atoms with van der Waals surface area (Å²) in [6.45, 7) is 4.64. The summed E-state index contributed by atoms with van der Waals surface area (Å²) < 4.78 is 19.3. The van der Waals surface area contributed by atoms with Crippen molar-refractivity contribution in [2.24, 2.45) is 0 Å². The molecule has 2 aromatic carbocycles. The molecule has 188 valence electrons. The summed E-state index contributed by atoms with van der Waals surface area (Å²) in [7, 11) is 1.62. The van der Waals surface area contributed by atoms with Crippen LogP contribution in [0.2, 0.25) is 5.02 Å². The van der Waals surface area contributed by atoms with Gasteiger partial charge in [-0.15, -0.1) is 0 Å². The average molecular weight is 502 g/mol. The fourth-order valence-corrected chi connectivity index (χ4v) is 4.37. The number of aromatic nitrogens is 2. The van der Waals surface area contributed by atoms with Crippen molar-refractivity contribution in [3.63, 3.8) is 0 Å². The molecule has 0 saturated carbocycles. The van der Waals surface area contributed by atoms with E-state index in [2.05, 4.69) is 9.88 Å². The van der Waals surface area contributed by atoms with E-state index >= 15 is 0 Å². The van der Waals surface area contributed by atoms with Crippen molar-refractivity contribution in [1.82, 2.24) is 14.5 Å². The van der Waals surface area contributed by atoms with Crippen LogP contribution in [0.1, 0.15) is 17.8 Å². The molecular weight excluding hydrogens is 470 g/mol. The van der Waals surface area contributed by atoms with E-state index in [1.165, 1.54) is 0 Å². The molecule has 9 heteroatoms. The van der Waals surface area contributed by atoms with Gasteiger partial charge in [-0.05, 0) is 55.3 Å². The lowest BCUT2D eigenvalue weighted by Crippen LogP contribution is -2.59. The minimum Gasteiger partial charge on any atom is -0.493 e. The van der Waals surface area contributed by atoms with Crippen LogP contribution >= 0.6 is 11.6 Å². The van der Waals surface area contributed by atoms with Gasteiger partial charge in [-0.2, -0.15) is 0 Å². The lowest BCUT2D eigenvalue weighted by molar-refractivity contribution is -0.140. The Kier molecular flexibility index (Phi) is 8.18. The first-order valence-electron chi connectivity index (χ1n) is 11.6. The lowest BCUT2D eigenvalue weighted by atomic mass is 9.90. The van der Waals surface area contributed by atoms with Crippen LogP contribution < -0.4 is 14.2 Å². The summed E-state index contributed by atoms with van der Waals surface area (Å²) in [6.07, 6.45) is 3.28. The van der Waals surface area contributed by atoms with Crippen molar-refractivity contribution in [3.8, 4) is 17.2 Å². The van der Waals surface area contributed by atoms with Gasteiger partial charge in [0, 0.05) is 37.1 Å². The molecular formula is C26H32ClN3O5. The SMILES string of the molecule is COc1ccc(CN2CC[C@H](O)[C@@](O)(COc3ccc(Cl)cc3)C2)cc1OCCn1ccnc1C. The van der Waals surface area contributed by atoms with Crippen LogP contribution in [0.15, 0.2) is 54.9 Å². The number of methoxy groups -OCH3 is 1. The molecule has 8 nitrogen and oxygen atoms in total. The van der Waals surface area contributed by atoms with Gasteiger partial charge in [0.05, 0.1) is 19.8 Å². The second-order valence-corrected chi connectivity index (χ2v) is 9.30. The number of benzene rings is 2. The molecule has 1 aliphatic rings. The van der Waals surface area contributed by atoms with Gasteiger partial charge >= 0.3 is 0 Å². The third-order valence-electron chi connectivity index (χ3n) is 6.29. The van der Waals surface area contributed by atoms with Crippen molar-refractivity contribution in [2.75, 3.05) is 33.4 Å². The Balaban J connectivity index is 1.37. The van der Waals surface area contributed by atoms with Crippen molar-refractivity contribution in [1.29, 1.82) is 0 Å².